The number of rotatable bonds is 3. The van der Waals surface area contributed by atoms with Gasteiger partial charge < -0.3 is 4.74 Å². The SMILES string of the molecule is COC1=[N+](C(C)C)C=CC(c2ccccc2)C(c2ccccc2)=[C-]1.[C-]#[O+].[C-]#[O+].[C-]#[O+].[C-]#[O+].[C-]#[O+].[Cr]. The van der Waals surface area contributed by atoms with Crippen molar-refractivity contribution in [2.24, 2.45) is 0 Å². The molecule has 0 saturated heterocycles. The molecule has 0 N–H and O–H groups in total. The van der Waals surface area contributed by atoms with E-state index in [-0.39, 0.29) is 23.3 Å². The fourth-order valence-corrected chi connectivity index (χ4v) is 2.97. The Morgan fingerprint density at radius 3 is 1.60 bits per heavy atom. The van der Waals surface area contributed by atoms with Crippen LogP contribution in [-0.2, 0) is 45.4 Å². The third-order valence-electron chi connectivity index (χ3n) is 4.22. The van der Waals surface area contributed by atoms with Crippen LogP contribution in [0.2, 0.25) is 0 Å². The van der Waals surface area contributed by atoms with Crippen LogP contribution in [-0.4, -0.2) is 23.6 Å². The molecule has 0 aromatic heterocycles. The van der Waals surface area contributed by atoms with Gasteiger partial charge in [-0.25, -0.2) is 0 Å². The fraction of sp³-hybridized carbons (Fsp3) is 0.185. The smallest absolute Gasteiger partial charge is 0 e. The molecule has 0 spiro atoms. The van der Waals surface area contributed by atoms with E-state index in [0.717, 1.165) is 17.0 Å². The number of allylic oxidation sites excluding steroid dienone is 2. The zero-order valence-corrected chi connectivity index (χ0v) is 20.7. The van der Waals surface area contributed by atoms with Gasteiger partial charge in [0.2, 0.25) is 0 Å². The van der Waals surface area contributed by atoms with Gasteiger partial charge in [0.15, 0.2) is 12.2 Å². The van der Waals surface area contributed by atoms with Gasteiger partial charge in [0, 0.05) is 23.3 Å². The second kappa shape index (κ2) is 26.9. The molecule has 2 aromatic carbocycles. The third-order valence-corrected chi connectivity index (χ3v) is 4.22. The van der Waals surface area contributed by atoms with E-state index in [1.165, 1.54) is 5.56 Å². The Morgan fingerprint density at radius 1 is 0.771 bits per heavy atom. The average molecular weight is 509 g/mol. The summed E-state index contributed by atoms with van der Waals surface area (Å²) >= 11 is 0. The van der Waals surface area contributed by atoms with Crippen molar-refractivity contribution in [2.45, 2.75) is 25.8 Å². The number of benzene rings is 2. The second-order valence-electron chi connectivity index (χ2n) is 6.14. The zero-order chi connectivity index (χ0) is 26.9. The largest absolute Gasteiger partial charge is 0 e. The summed E-state index contributed by atoms with van der Waals surface area (Å²) in [6.07, 6.45) is 7.88. The zero-order valence-electron chi connectivity index (χ0n) is 19.4. The molecule has 35 heavy (non-hydrogen) atoms. The van der Waals surface area contributed by atoms with E-state index >= 15 is 0 Å². The van der Waals surface area contributed by atoms with E-state index < -0.39 is 0 Å². The topological polar surface area (TPSA) is 112 Å². The maximum atomic E-state index is 7.50. The predicted octanol–water partition coefficient (Wildman–Crippen LogP) is 4.46. The normalized spacial score (nSPS) is 12.4. The number of methoxy groups -OCH3 is 1. The number of hydrogen-bond acceptors (Lipinski definition) is 1. The monoisotopic (exact) mass is 509 g/mol. The summed E-state index contributed by atoms with van der Waals surface area (Å²) in [5, 5.41) is 0. The molecule has 8 heteroatoms. The van der Waals surface area contributed by atoms with Gasteiger partial charge in [-0.3, -0.25) is 0 Å². The minimum absolute atomic E-state index is 0. The summed E-state index contributed by atoms with van der Waals surface area (Å²) in [5.74, 6) is 0.890. The predicted molar refractivity (Wildman–Crippen MR) is 118 cm³/mol. The van der Waals surface area contributed by atoms with E-state index in [1.54, 1.807) is 7.11 Å². The third kappa shape index (κ3) is 13.2. The van der Waals surface area contributed by atoms with Gasteiger partial charge in [-0.2, -0.15) is 15.7 Å². The molecular formula is C27H23CrNO6. The minimum Gasteiger partial charge on any atom is 0 e. The molecule has 1 unspecified atom stereocenters. The molecule has 0 amide bonds. The molecule has 1 aliphatic heterocycles. The molecule has 7 nitrogen and oxygen atoms in total. The summed E-state index contributed by atoms with van der Waals surface area (Å²) in [7, 11) is 1.71. The van der Waals surface area contributed by atoms with Crippen LogP contribution in [0.1, 0.15) is 30.9 Å². The molecule has 0 saturated carbocycles. The summed E-state index contributed by atoms with van der Waals surface area (Å²) < 4.78 is 45.3. The van der Waals surface area contributed by atoms with Crippen molar-refractivity contribution in [1.29, 1.82) is 0 Å². The van der Waals surface area contributed by atoms with Crippen molar-refractivity contribution in [2.75, 3.05) is 7.11 Å². The Bertz CT molecular complexity index is 966. The Hall–Kier alpha value is -3.38. The summed E-state index contributed by atoms with van der Waals surface area (Å²) in [4.78, 5) is 0. The van der Waals surface area contributed by atoms with E-state index in [9.17, 15) is 0 Å². The Labute approximate surface area is 217 Å². The van der Waals surface area contributed by atoms with Gasteiger partial charge in [0.05, 0.1) is 7.11 Å². The summed E-state index contributed by atoms with van der Waals surface area (Å²) in [5.41, 5.74) is 3.54. The number of nitrogens with zero attached hydrogens (tertiary/aromatic N) is 1. The van der Waals surface area contributed by atoms with Gasteiger partial charge in [-0.05, 0) is 25.5 Å². The van der Waals surface area contributed by atoms with Crippen molar-refractivity contribution >= 4 is 11.5 Å². The van der Waals surface area contributed by atoms with Gasteiger partial charge >= 0.3 is 56.5 Å². The number of ether oxygens (including phenoxy) is 1. The molecule has 0 fully saturated rings. The first-order chi connectivity index (χ1) is 16.7. The standard InChI is InChI=1S/C22H23NO.5CO.Cr/c1-17(2)23-15-14-20(18-10-6-4-7-11-18)21(16-22(23)24-3)19-12-8-5-9-13-19;5*1-2;/h4-15,17,20H,1-3H3;;;;;;. The molecule has 1 aliphatic rings. The Balaban J connectivity index is -0.000000390. The molecule has 178 valence electrons. The molecule has 3 rings (SSSR count). The maximum Gasteiger partial charge on any atom is 0 e. The Kier molecular flexibility index (Phi) is 29.8. The van der Waals surface area contributed by atoms with Crippen LogP contribution in [0.3, 0.4) is 0 Å². The van der Waals surface area contributed by atoms with Crippen molar-refractivity contribution in [3.63, 3.8) is 0 Å². The maximum absolute atomic E-state index is 7.50. The summed E-state index contributed by atoms with van der Waals surface area (Å²) in [6, 6.07) is 21.3. The molecule has 0 bridgehead atoms. The van der Waals surface area contributed by atoms with E-state index in [2.05, 4.69) is 119 Å². The molecule has 0 aliphatic carbocycles. The van der Waals surface area contributed by atoms with Crippen LogP contribution < -0.4 is 0 Å². The van der Waals surface area contributed by atoms with Crippen LogP contribution in [0, 0.1) is 39.3 Å². The van der Waals surface area contributed by atoms with Crippen LogP contribution in [0.5, 0.6) is 0 Å². The van der Waals surface area contributed by atoms with Crippen LogP contribution >= 0.6 is 0 Å². The van der Waals surface area contributed by atoms with Crippen LogP contribution in [0.4, 0.5) is 0 Å². The van der Waals surface area contributed by atoms with Crippen LogP contribution in [0.15, 0.2) is 72.9 Å². The Morgan fingerprint density at radius 2 is 1.20 bits per heavy atom. The fourth-order valence-electron chi connectivity index (χ4n) is 2.97. The summed E-state index contributed by atoms with van der Waals surface area (Å²) in [6.45, 7) is 26.8. The molecule has 1 heterocycles. The molecule has 2 aromatic rings. The molecule has 1 atom stereocenters. The van der Waals surface area contributed by atoms with Crippen molar-refractivity contribution in [3.8, 4) is 0 Å². The number of hydrogen-bond donors (Lipinski definition) is 0. The quantitative estimate of drug-likeness (QED) is 0.340. The first-order valence-electron chi connectivity index (χ1n) is 9.34. The first-order valence-corrected chi connectivity index (χ1v) is 9.34. The van der Waals surface area contributed by atoms with Crippen molar-refractivity contribution in [1.82, 2.24) is 0 Å². The van der Waals surface area contributed by atoms with Crippen molar-refractivity contribution < 1.29 is 49.9 Å². The van der Waals surface area contributed by atoms with E-state index in [4.69, 9.17) is 28.0 Å². The van der Waals surface area contributed by atoms with E-state index in [1.807, 2.05) is 12.1 Å². The average Bonchev–Trinajstić information content (AvgIpc) is 3.15. The van der Waals surface area contributed by atoms with Crippen molar-refractivity contribution in [3.05, 3.63) is 123 Å². The van der Waals surface area contributed by atoms with Gasteiger partial charge in [0.25, 0.3) is 5.90 Å². The second-order valence-corrected chi connectivity index (χ2v) is 6.14. The van der Waals surface area contributed by atoms with E-state index in [0.29, 0.717) is 6.04 Å². The van der Waals surface area contributed by atoms with Gasteiger partial charge in [-0.15, -0.1) is 18.2 Å². The molecule has 0 radical (unpaired) electrons. The van der Waals surface area contributed by atoms with Crippen LogP contribution in [0.25, 0.3) is 5.57 Å². The van der Waals surface area contributed by atoms with Gasteiger partial charge in [-0.1, -0.05) is 48.5 Å². The van der Waals surface area contributed by atoms with Gasteiger partial charge in [0.1, 0.15) is 0 Å². The minimum atomic E-state index is 0. The molecular weight excluding hydrogens is 486 g/mol. The first kappa shape index (κ1) is 38.9.